The first kappa shape index (κ1) is 26.9. The summed E-state index contributed by atoms with van der Waals surface area (Å²) in [5.41, 5.74) is 9.12. The number of likely N-dealkylation sites (tertiary alicyclic amines) is 1. The largest absolute Gasteiger partial charge is 0.387 e. The molecule has 2 aliphatic heterocycles. The number of carbonyl (C=O) groups is 3. The number of benzene rings is 3. The highest BCUT2D eigenvalue weighted by atomic mass is 16.7. The van der Waals surface area contributed by atoms with Crippen molar-refractivity contribution in [3.63, 3.8) is 0 Å². The highest BCUT2D eigenvalue weighted by molar-refractivity contribution is 6.04. The molecule has 8 heteroatoms. The average molecular weight is 537 g/mol. The summed E-state index contributed by atoms with van der Waals surface area (Å²) >= 11 is 0. The van der Waals surface area contributed by atoms with Crippen molar-refractivity contribution >= 4 is 29.1 Å². The maximum Gasteiger partial charge on any atom is 0.248 e. The Morgan fingerprint density at radius 3 is 2.35 bits per heavy atom. The van der Waals surface area contributed by atoms with Crippen LogP contribution in [0.5, 0.6) is 0 Å². The number of nitrogens with one attached hydrogen (secondary N) is 1. The molecule has 0 bridgehead atoms. The van der Waals surface area contributed by atoms with Crippen LogP contribution in [0.3, 0.4) is 0 Å². The topological polar surface area (TPSA) is 114 Å². The maximum absolute atomic E-state index is 13.8. The molecule has 2 atom stereocenters. The third kappa shape index (κ3) is 5.81. The Labute approximate surface area is 233 Å². The molecule has 5 rings (SSSR count). The van der Waals surface area contributed by atoms with Crippen molar-refractivity contribution in [1.82, 2.24) is 4.90 Å². The van der Waals surface area contributed by atoms with Gasteiger partial charge in [0.1, 0.15) is 6.04 Å². The fraction of sp³-hybridized carbons (Fsp3) is 0.250. The highest BCUT2D eigenvalue weighted by Crippen LogP contribution is 2.40. The average Bonchev–Trinajstić information content (AvgIpc) is 3.57. The molecule has 204 valence electrons. The molecular formula is C32H32N4O4. The Morgan fingerprint density at radius 1 is 1.05 bits per heavy atom. The monoisotopic (exact) mass is 536 g/mol. The van der Waals surface area contributed by atoms with Crippen LogP contribution in [-0.4, -0.2) is 46.5 Å². The van der Waals surface area contributed by atoms with E-state index in [1.54, 1.807) is 24.0 Å². The van der Waals surface area contributed by atoms with E-state index in [1.807, 2.05) is 78.9 Å². The molecule has 1 unspecified atom stereocenters. The van der Waals surface area contributed by atoms with Gasteiger partial charge in [0.2, 0.25) is 17.7 Å². The number of nitrogens with two attached hydrogens (primary N) is 1. The minimum Gasteiger partial charge on any atom is -0.387 e. The molecule has 1 fully saturated rings. The van der Waals surface area contributed by atoms with E-state index in [0.717, 1.165) is 16.7 Å². The number of hydrogen-bond donors (Lipinski definition) is 2. The molecule has 40 heavy (non-hydrogen) atoms. The van der Waals surface area contributed by atoms with Gasteiger partial charge in [-0.2, -0.15) is 0 Å². The third-order valence-electron chi connectivity index (χ3n) is 7.45. The van der Waals surface area contributed by atoms with Gasteiger partial charge in [-0.15, -0.1) is 0 Å². The lowest BCUT2D eigenvalue weighted by Crippen LogP contribution is -2.44. The van der Waals surface area contributed by atoms with Crippen molar-refractivity contribution < 1.29 is 19.2 Å². The Balaban J connectivity index is 1.33. The van der Waals surface area contributed by atoms with Crippen molar-refractivity contribution in [3.8, 4) is 0 Å². The summed E-state index contributed by atoms with van der Waals surface area (Å²) < 4.78 is 0. The molecule has 3 aromatic rings. The van der Waals surface area contributed by atoms with E-state index in [0.29, 0.717) is 17.8 Å². The second kappa shape index (κ2) is 11.6. The van der Waals surface area contributed by atoms with Crippen LogP contribution in [0.25, 0.3) is 0 Å². The first-order valence-corrected chi connectivity index (χ1v) is 13.4. The molecular weight excluding hydrogens is 504 g/mol. The van der Waals surface area contributed by atoms with E-state index in [4.69, 9.17) is 10.6 Å². The summed E-state index contributed by atoms with van der Waals surface area (Å²) in [5, 5.41) is 7.16. The fourth-order valence-corrected chi connectivity index (χ4v) is 5.54. The number of carbonyl (C=O) groups excluding carboxylic acids is 3. The summed E-state index contributed by atoms with van der Waals surface area (Å²) in [5.74, 6) is -1.12. The van der Waals surface area contributed by atoms with Crippen LogP contribution in [-0.2, 0) is 19.2 Å². The summed E-state index contributed by atoms with van der Waals surface area (Å²) in [6.07, 6.45) is 3.98. The molecule has 2 aliphatic rings. The van der Waals surface area contributed by atoms with Crippen molar-refractivity contribution in [2.75, 3.05) is 11.9 Å². The first-order valence-electron chi connectivity index (χ1n) is 13.4. The highest BCUT2D eigenvalue weighted by Gasteiger charge is 2.53. The SMILES string of the molecule is C/C=C\C(=O)Nc1cccc(C2=NOC3(C2)C[C@@H](C(N)=O)N(C(=O)CC(c2ccccc2)c2ccccc2)C3)c1. The fourth-order valence-electron chi connectivity index (χ4n) is 5.54. The van der Waals surface area contributed by atoms with Crippen LogP contribution in [0.2, 0.25) is 0 Å². The maximum atomic E-state index is 13.8. The quantitative estimate of drug-likeness (QED) is 0.416. The molecule has 0 saturated carbocycles. The lowest BCUT2D eigenvalue weighted by molar-refractivity contribution is -0.137. The molecule has 3 aromatic carbocycles. The number of hydrogen-bond acceptors (Lipinski definition) is 5. The van der Waals surface area contributed by atoms with Crippen LogP contribution in [0.1, 0.15) is 48.8 Å². The predicted octanol–water partition coefficient (Wildman–Crippen LogP) is 4.37. The van der Waals surface area contributed by atoms with Gasteiger partial charge in [0, 0.05) is 36.4 Å². The molecule has 0 radical (unpaired) electrons. The Morgan fingerprint density at radius 2 is 1.73 bits per heavy atom. The second-order valence-corrected chi connectivity index (χ2v) is 10.3. The predicted molar refractivity (Wildman–Crippen MR) is 154 cm³/mol. The van der Waals surface area contributed by atoms with Crippen LogP contribution < -0.4 is 11.1 Å². The summed E-state index contributed by atoms with van der Waals surface area (Å²) in [6, 6.07) is 26.3. The van der Waals surface area contributed by atoms with Gasteiger partial charge in [0.05, 0.1) is 12.3 Å². The number of oxime groups is 1. The second-order valence-electron chi connectivity index (χ2n) is 10.3. The lowest BCUT2D eigenvalue weighted by atomic mass is 9.88. The van der Waals surface area contributed by atoms with E-state index in [9.17, 15) is 14.4 Å². The molecule has 8 nitrogen and oxygen atoms in total. The zero-order valence-electron chi connectivity index (χ0n) is 22.3. The minimum atomic E-state index is -0.843. The number of allylic oxidation sites excluding steroid dienone is 1. The van der Waals surface area contributed by atoms with Crippen molar-refractivity contribution in [2.24, 2.45) is 10.9 Å². The summed E-state index contributed by atoms with van der Waals surface area (Å²) in [7, 11) is 0. The molecule has 2 heterocycles. The van der Waals surface area contributed by atoms with Gasteiger partial charge < -0.3 is 20.8 Å². The molecule has 1 spiro atoms. The Bertz CT molecular complexity index is 1410. The molecule has 3 amide bonds. The molecule has 0 aromatic heterocycles. The van der Waals surface area contributed by atoms with Crippen molar-refractivity contribution in [2.45, 2.75) is 43.7 Å². The minimum absolute atomic E-state index is 0.163. The normalized spacial score (nSPS) is 20.1. The third-order valence-corrected chi connectivity index (χ3v) is 7.45. The first-order chi connectivity index (χ1) is 19.4. The van der Waals surface area contributed by atoms with Crippen molar-refractivity contribution in [1.29, 1.82) is 0 Å². The van der Waals surface area contributed by atoms with Gasteiger partial charge in [-0.25, -0.2) is 0 Å². The Kier molecular flexibility index (Phi) is 7.77. The van der Waals surface area contributed by atoms with Gasteiger partial charge in [-0.3, -0.25) is 14.4 Å². The number of anilines is 1. The number of amides is 3. The smallest absolute Gasteiger partial charge is 0.248 e. The summed E-state index contributed by atoms with van der Waals surface area (Å²) in [6.45, 7) is 1.99. The number of rotatable bonds is 8. The lowest BCUT2D eigenvalue weighted by Gasteiger charge is -2.26. The van der Waals surface area contributed by atoms with E-state index < -0.39 is 17.6 Å². The van der Waals surface area contributed by atoms with Gasteiger partial charge in [0.15, 0.2) is 5.60 Å². The van der Waals surface area contributed by atoms with E-state index >= 15 is 0 Å². The molecule has 1 saturated heterocycles. The van der Waals surface area contributed by atoms with Crippen LogP contribution >= 0.6 is 0 Å². The molecule has 3 N–H and O–H groups in total. The van der Waals surface area contributed by atoms with Crippen molar-refractivity contribution in [3.05, 3.63) is 114 Å². The van der Waals surface area contributed by atoms with Gasteiger partial charge in [-0.1, -0.05) is 84.0 Å². The van der Waals surface area contributed by atoms with E-state index in [2.05, 4.69) is 10.5 Å². The zero-order chi connectivity index (χ0) is 28.1. The number of nitrogens with zero attached hydrogens (tertiary/aromatic N) is 2. The van der Waals surface area contributed by atoms with Gasteiger partial charge in [-0.05, 0) is 36.3 Å². The summed E-state index contributed by atoms with van der Waals surface area (Å²) in [4.78, 5) is 45.8. The van der Waals surface area contributed by atoms with E-state index in [-0.39, 0.29) is 37.1 Å². The van der Waals surface area contributed by atoms with Crippen LogP contribution in [0, 0.1) is 0 Å². The van der Waals surface area contributed by atoms with Crippen LogP contribution in [0.4, 0.5) is 5.69 Å². The standard InChI is InChI=1S/C32H32N4O4/c1-2-10-29(37)34-25-16-9-15-24(17-25)27-19-32(40-35-27)20-28(31(33)39)36(21-32)30(38)18-26(22-11-5-3-6-12-22)23-13-7-4-8-14-23/h2-17,26,28H,18-21H2,1H3,(H2,33,39)(H,34,37)/b10-2-/t28-,32?/m0/s1. The zero-order valence-corrected chi connectivity index (χ0v) is 22.3. The van der Waals surface area contributed by atoms with Crippen LogP contribution in [0.15, 0.2) is 102 Å². The van der Waals surface area contributed by atoms with Gasteiger partial charge >= 0.3 is 0 Å². The molecule has 0 aliphatic carbocycles. The Hall–Kier alpha value is -4.72. The number of primary amides is 1. The van der Waals surface area contributed by atoms with Gasteiger partial charge in [0.25, 0.3) is 0 Å². The van der Waals surface area contributed by atoms with E-state index in [1.165, 1.54) is 6.08 Å².